The van der Waals surface area contributed by atoms with Crippen molar-refractivity contribution in [2.24, 2.45) is 11.7 Å². The number of nitrogens with one attached hydrogen (secondary N) is 1. The second kappa shape index (κ2) is 4.83. The van der Waals surface area contributed by atoms with Crippen LogP contribution in [-0.2, 0) is 4.74 Å². The van der Waals surface area contributed by atoms with Gasteiger partial charge in [0.2, 0.25) is 0 Å². The van der Waals surface area contributed by atoms with Crippen molar-refractivity contribution in [2.75, 3.05) is 6.61 Å². The molecule has 0 amide bonds. The summed E-state index contributed by atoms with van der Waals surface area (Å²) >= 11 is 0. The Bertz CT molecular complexity index is 226. The Hall–Kier alpha value is -0.780. The van der Waals surface area contributed by atoms with E-state index < -0.39 is 30.1 Å². The van der Waals surface area contributed by atoms with E-state index in [0.29, 0.717) is 6.42 Å². The molecule has 90 valence electrons. The Balaban J connectivity index is 4.40. The molecule has 0 aromatic rings. The van der Waals surface area contributed by atoms with Crippen LogP contribution in [0.25, 0.3) is 0 Å². The van der Waals surface area contributed by atoms with Crippen molar-refractivity contribution < 1.29 is 17.9 Å². The third-order valence-corrected chi connectivity index (χ3v) is 2.26. The molecule has 15 heavy (non-hydrogen) atoms. The van der Waals surface area contributed by atoms with Crippen molar-refractivity contribution in [1.29, 1.82) is 5.41 Å². The summed E-state index contributed by atoms with van der Waals surface area (Å²) in [5, 5.41) is 6.85. The lowest BCUT2D eigenvalue weighted by atomic mass is 10.1. The van der Waals surface area contributed by atoms with Gasteiger partial charge >= 0.3 is 6.18 Å². The van der Waals surface area contributed by atoms with E-state index in [1.165, 1.54) is 0 Å². The van der Waals surface area contributed by atoms with Gasteiger partial charge in [0, 0.05) is 0 Å². The number of hydrogen-bond acceptors (Lipinski definition) is 2. The number of ether oxygens (including phenoxy) is 1. The Morgan fingerprint density at radius 2 is 1.87 bits per heavy atom. The third kappa shape index (κ3) is 5.01. The highest BCUT2D eigenvalue weighted by molar-refractivity contribution is 5.80. The Morgan fingerprint density at radius 1 is 1.40 bits per heavy atom. The number of nitrogens with two attached hydrogens (primary N) is 1. The summed E-state index contributed by atoms with van der Waals surface area (Å²) in [6.07, 6.45) is -3.93. The maximum atomic E-state index is 12.3. The Kier molecular flexibility index (Phi) is 4.58. The summed E-state index contributed by atoms with van der Waals surface area (Å²) in [6.45, 7) is 4.61. The number of alkyl halides is 3. The standard InChI is InChI=1S/C9H17F3N2O/c1-4-8(2,3)15-5-6(7(13)14)9(10,11)12/h6H,4-5H2,1-3H3,(H3,13,14). The number of rotatable bonds is 5. The first kappa shape index (κ1) is 14.2. The fourth-order valence-electron chi connectivity index (χ4n) is 0.772. The van der Waals surface area contributed by atoms with Crippen LogP contribution in [0, 0.1) is 11.3 Å². The largest absolute Gasteiger partial charge is 0.400 e. The van der Waals surface area contributed by atoms with Gasteiger partial charge in [0.05, 0.1) is 12.2 Å². The zero-order chi connectivity index (χ0) is 12.3. The summed E-state index contributed by atoms with van der Waals surface area (Å²) in [6, 6.07) is 0. The molecular formula is C9H17F3N2O. The number of amidine groups is 1. The molecule has 0 aliphatic carbocycles. The van der Waals surface area contributed by atoms with Crippen molar-refractivity contribution in [3.63, 3.8) is 0 Å². The van der Waals surface area contributed by atoms with Gasteiger partial charge in [-0.15, -0.1) is 0 Å². The van der Waals surface area contributed by atoms with Gasteiger partial charge in [-0.05, 0) is 20.3 Å². The van der Waals surface area contributed by atoms with Gasteiger partial charge in [0.1, 0.15) is 11.8 Å². The summed E-state index contributed by atoms with van der Waals surface area (Å²) in [7, 11) is 0. The normalized spacial score (nSPS) is 15.1. The minimum Gasteiger partial charge on any atom is -0.387 e. The molecule has 0 spiro atoms. The van der Waals surface area contributed by atoms with E-state index in [4.69, 9.17) is 15.9 Å². The van der Waals surface area contributed by atoms with Crippen LogP contribution in [0.15, 0.2) is 0 Å². The summed E-state index contributed by atoms with van der Waals surface area (Å²) in [5.74, 6) is -2.92. The van der Waals surface area contributed by atoms with Gasteiger partial charge in [0.15, 0.2) is 0 Å². The zero-order valence-corrected chi connectivity index (χ0v) is 9.11. The summed E-state index contributed by atoms with van der Waals surface area (Å²) in [4.78, 5) is 0. The molecule has 0 aliphatic heterocycles. The predicted octanol–water partition coefficient (Wildman–Crippen LogP) is 2.31. The smallest absolute Gasteiger partial charge is 0.387 e. The Morgan fingerprint density at radius 3 is 2.13 bits per heavy atom. The second-order valence-corrected chi connectivity index (χ2v) is 3.97. The topological polar surface area (TPSA) is 59.1 Å². The van der Waals surface area contributed by atoms with Gasteiger partial charge in [-0.25, -0.2) is 0 Å². The highest BCUT2D eigenvalue weighted by Gasteiger charge is 2.42. The van der Waals surface area contributed by atoms with Crippen molar-refractivity contribution in [3.05, 3.63) is 0 Å². The van der Waals surface area contributed by atoms with Crippen molar-refractivity contribution >= 4 is 5.84 Å². The van der Waals surface area contributed by atoms with E-state index in [2.05, 4.69) is 0 Å². The van der Waals surface area contributed by atoms with Crippen LogP contribution in [0.1, 0.15) is 27.2 Å². The molecule has 0 radical (unpaired) electrons. The molecule has 3 nitrogen and oxygen atoms in total. The first-order valence-corrected chi connectivity index (χ1v) is 4.64. The quantitative estimate of drug-likeness (QED) is 0.558. The molecule has 0 fully saturated rings. The fraction of sp³-hybridized carbons (Fsp3) is 0.889. The lowest BCUT2D eigenvalue weighted by molar-refractivity contribution is -0.178. The molecule has 0 heterocycles. The molecule has 0 saturated heterocycles. The number of hydrogen-bond donors (Lipinski definition) is 2. The lowest BCUT2D eigenvalue weighted by Gasteiger charge is -2.27. The first-order chi connectivity index (χ1) is 6.60. The van der Waals surface area contributed by atoms with E-state index in [0.717, 1.165) is 0 Å². The molecule has 1 unspecified atom stereocenters. The SMILES string of the molecule is CCC(C)(C)OCC(C(=N)N)C(F)(F)F. The minimum atomic E-state index is -4.52. The molecule has 6 heteroatoms. The van der Waals surface area contributed by atoms with Crippen molar-refractivity contribution in [1.82, 2.24) is 0 Å². The summed E-state index contributed by atoms with van der Waals surface area (Å²) in [5.41, 5.74) is 4.25. The van der Waals surface area contributed by atoms with Crippen LogP contribution in [0.3, 0.4) is 0 Å². The van der Waals surface area contributed by atoms with Crippen LogP contribution in [-0.4, -0.2) is 24.2 Å². The van der Waals surface area contributed by atoms with E-state index in [9.17, 15) is 13.2 Å². The monoisotopic (exact) mass is 226 g/mol. The Labute approximate surface area is 87.3 Å². The predicted molar refractivity (Wildman–Crippen MR) is 51.8 cm³/mol. The number of halogens is 3. The van der Waals surface area contributed by atoms with E-state index in [-0.39, 0.29) is 0 Å². The van der Waals surface area contributed by atoms with Crippen LogP contribution in [0.4, 0.5) is 13.2 Å². The van der Waals surface area contributed by atoms with Crippen molar-refractivity contribution in [3.8, 4) is 0 Å². The molecular weight excluding hydrogens is 209 g/mol. The molecule has 0 saturated carbocycles. The maximum absolute atomic E-state index is 12.3. The maximum Gasteiger partial charge on any atom is 0.400 e. The molecule has 0 bridgehead atoms. The summed E-state index contributed by atoms with van der Waals surface area (Å²) < 4.78 is 42.1. The third-order valence-electron chi connectivity index (χ3n) is 2.26. The van der Waals surface area contributed by atoms with E-state index in [1.807, 2.05) is 6.92 Å². The van der Waals surface area contributed by atoms with E-state index in [1.54, 1.807) is 13.8 Å². The first-order valence-electron chi connectivity index (χ1n) is 4.64. The lowest BCUT2D eigenvalue weighted by Crippen LogP contribution is -2.40. The highest BCUT2D eigenvalue weighted by Crippen LogP contribution is 2.28. The van der Waals surface area contributed by atoms with E-state index >= 15 is 0 Å². The molecule has 3 N–H and O–H groups in total. The zero-order valence-electron chi connectivity index (χ0n) is 9.11. The van der Waals surface area contributed by atoms with Gasteiger partial charge in [-0.3, -0.25) is 5.41 Å². The van der Waals surface area contributed by atoms with Gasteiger partial charge < -0.3 is 10.5 Å². The average Bonchev–Trinajstić information content (AvgIpc) is 2.01. The van der Waals surface area contributed by atoms with Crippen LogP contribution in [0.5, 0.6) is 0 Å². The highest BCUT2D eigenvalue weighted by atomic mass is 19.4. The average molecular weight is 226 g/mol. The van der Waals surface area contributed by atoms with Gasteiger partial charge in [0.25, 0.3) is 0 Å². The molecule has 0 aromatic carbocycles. The fourth-order valence-corrected chi connectivity index (χ4v) is 0.772. The molecule has 0 rings (SSSR count). The van der Waals surface area contributed by atoms with Gasteiger partial charge in [-0.1, -0.05) is 6.92 Å². The van der Waals surface area contributed by atoms with Crippen LogP contribution >= 0.6 is 0 Å². The molecule has 1 atom stereocenters. The van der Waals surface area contributed by atoms with Crippen molar-refractivity contribution in [2.45, 2.75) is 39.0 Å². The minimum absolute atomic E-state index is 0.593. The second-order valence-electron chi connectivity index (χ2n) is 3.97. The molecule has 0 aromatic heterocycles. The van der Waals surface area contributed by atoms with Crippen LogP contribution in [0.2, 0.25) is 0 Å². The molecule has 0 aliphatic rings. The van der Waals surface area contributed by atoms with Gasteiger partial charge in [-0.2, -0.15) is 13.2 Å². The van der Waals surface area contributed by atoms with Crippen LogP contribution < -0.4 is 5.73 Å².